The van der Waals surface area contributed by atoms with Crippen LogP contribution in [0.15, 0.2) is 6.33 Å². The summed E-state index contributed by atoms with van der Waals surface area (Å²) >= 11 is 0. The molecule has 2 heterocycles. The van der Waals surface area contributed by atoms with Crippen molar-refractivity contribution in [3.8, 4) is 0 Å². The van der Waals surface area contributed by atoms with E-state index in [4.69, 9.17) is 0 Å². The smallest absolute Gasteiger partial charge is 0.0926 e. The second-order valence-corrected chi connectivity index (χ2v) is 3.38. The van der Waals surface area contributed by atoms with Crippen molar-refractivity contribution in [1.29, 1.82) is 0 Å². The highest BCUT2D eigenvalue weighted by atomic mass is 15.2. The van der Waals surface area contributed by atoms with Gasteiger partial charge in [0.1, 0.15) is 0 Å². The molecule has 12 heavy (non-hydrogen) atoms. The summed E-state index contributed by atoms with van der Waals surface area (Å²) in [5.74, 6) is 0. The number of nitrogens with zero attached hydrogens (tertiary/aromatic N) is 2. The highest BCUT2D eigenvalue weighted by Crippen LogP contribution is 2.21. The minimum Gasteiger partial charge on any atom is -0.347 e. The van der Waals surface area contributed by atoms with Gasteiger partial charge in [0.2, 0.25) is 0 Å². The molecule has 2 rings (SSSR count). The topological polar surface area (TPSA) is 44.0 Å². The van der Waals surface area contributed by atoms with Crippen LogP contribution in [0.2, 0.25) is 0 Å². The third-order valence-electron chi connectivity index (χ3n) is 2.33. The number of likely N-dealkylation sites (N-methyl/N-ethyl adjacent to an activating group) is 1. The molecular weight excluding hydrogens is 152 g/mol. The summed E-state index contributed by atoms with van der Waals surface area (Å²) in [7, 11) is 4.16. The lowest BCUT2D eigenvalue weighted by Gasteiger charge is -2.27. The van der Waals surface area contributed by atoms with E-state index >= 15 is 0 Å². The maximum absolute atomic E-state index is 4.32. The first kappa shape index (κ1) is 7.76. The number of H-pyrrole nitrogens is 1. The first-order valence-electron chi connectivity index (χ1n) is 4.18. The van der Waals surface area contributed by atoms with Crippen LogP contribution in [0.5, 0.6) is 0 Å². The normalized spacial score (nSPS) is 22.8. The van der Waals surface area contributed by atoms with Gasteiger partial charge in [-0.15, -0.1) is 0 Å². The van der Waals surface area contributed by atoms with Crippen molar-refractivity contribution in [1.82, 2.24) is 20.2 Å². The predicted molar refractivity (Wildman–Crippen MR) is 46.7 cm³/mol. The van der Waals surface area contributed by atoms with E-state index in [1.807, 2.05) is 0 Å². The zero-order valence-corrected chi connectivity index (χ0v) is 7.46. The fourth-order valence-corrected chi connectivity index (χ4v) is 1.62. The van der Waals surface area contributed by atoms with Gasteiger partial charge in [0.15, 0.2) is 0 Å². The molecule has 66 valence electrons. The van der Waals surface area contributed by atoms with Gasteiger partial charge < -0.3 is 10.3 Å². The molecule has 1 aromatic heterocycles. The predicted octanol–water partition coefficient (Wildman–Crippen LogP) is 0.116. The van der Waals surface area contributed by atoms with Gasteiger partial charge in [0.05, 0.1) is 23.8 Å². The van der Waals surface area contributed by atoms with E-state index < -0.39 is 0 Å². The van der Waals surface area contributed by atoms with Crippen LogP contribution in [0.3, 0.4) is 0 Å². The van der Waals surface area contributed by atoms with Crippen LogP contribution in [-0.4, -0.2) is 35.5 Å². The molecule has 0 saturated heterocycles. The first-order chi connectivity index (χ1) is 5.79. The van der Waals surface area contributed by atoms with Gasteiger partial charge in [-0.1, -0.05) is 0 Å². The summed E-state index contributed by atoms with van der Waals surface area (Å²) in [6.45, 7) is 1.91. The fraction of sp³-hybridized carbons (Fsp3) is 0.625. The molecule has 1 aliphatic rings. The standard InChI is InChI=1S/C8H14N4/c1-12(2)7-4-9-3-6-8(7)11-5-10-6/h5,7,9H,3-4H2,1-2H3,(H,10,11). The molecule has 0 aromatic carbocycles. The lowest BCUT2D eigenvalue weighted by atomic mass is 10.1. The zero-order valence-electron chi connectivity index (χ0n) is 7.46. The summed E-state index contributed by atoms with van der Waals surface area (Å²) in [5, 5.41) is 3.35. The van der Waals surface area contributed by atoms with Crippen molar-refractivity contribution >= 4 is 0 Å². The van der Waals surface area contributed by atoms with Crippen LogP contribution < -0.4 is 5.32 Å². The van der Waals surface area contributed by atoms with E-state index in [0.29, 0.717) is 6.04 Å². The number of aromatic amines is 1. The first-order valence-corrected chi connectivity index (χ1v) is 4.18. The van der Waals surface area contributed by atoms with E-state index in [2.05, 4.69) is 34.3 Å². The molecular formula is C8H14N4. The maximum Gasteiger partial charge on any atom is 0.0926 e. The molecule has 1 aliphatic heterocycles. The SMILES string of the molecule is CN(C)C1CNCc2[nH]cnc21. The third-order valence-corrected chi connectivity index (χ3v) is 2.33. The Balaban J connectivity index is 2.31. The molecule has 0 saturated carbocycles. The monoisotopic (exact) mass is 166 g/mol. The Morgan fingerprint density at radius 3 is 3.17 bits per heavy atom. The van der Waals surface area contributed by atoms with Crippen LogP contribution in [-0.2, 0) is 6.54 Å². The summed E-state index contributed by atoms with van der Waals surface area (Å²) in [5.41, 5.74) is 2.42. The molecule has 2 N–H and O–H groups in total. The largest absolute Gasteiger partial charge is 0.347 e. The molecule has 0 radical (unpaired) electrons. The molecule has 0 aliphatic carbocycles. The highest BCUT2D eigenvalue weighted by molar-refractivity contribution is 5.18. The zero-order chi connectivity index (χ0) is 8.55. The Labute approximate surface area is 72.0 Å². The Kier molecular flexibility index (Phi) is 1.86. The Morgan fingerprint density at radius 1 is 1.58 bits per heavy atom. The number of hydrogen-bond donors (Lipinski definition) is 2. The minimum atomic E-state index is 0.417. The van der Waals surface area contributed by atoms with E-state index in [1.165, 1.54) is 11.4 Å². The Hall–Kier alpha value is -0.870. The maximum atomic E-state index is 4.32. The van der Waals surface area contributed by atoms with Crippen molar-refractivity contribution < 1.29 is 0 Å². The van der Waals surface area contributed by atoms with Gasteiger partial charge in [-0.3, -0.25) is 4.90 Å². The average Bonchev–Trinajstić information content (AvgIpc) is 2.49. The summed E-state index contributed by atoms with van der Waals surface area (Å²) in [6.07, 6.45) is 1.77. The third kappa shape index (κ3) is 1.13. The quantitative estimate of drug-likeness (QED) is 0.622. The van der Waals surface area contributed by atoms with Crippen LogP contribution in [0.1, 0.15) is 17.4 Å². The van der Waals surface area contributed by atoms with Crippen molar-refractivity contribution in [2.24, 2.45) is 0 Å². The highest BCUT2D eigenvalue weighted by Gasteiger charge is 2.23. The molecule has 0 amide bonds. The van der Waals surface area contributed by atoms with E-state index in [9.17, 15) is 0 Å². The second-order valence-electron chi connectivity index (χ2n) is 3.38. The van der Waals surface area contributed by atoms with E-state index in [-0.39, 0.29) is 0 Å². The molecule has 4 heteroatoms. The number of aromatic nitrogens is 2. The molecule has 4 nitrogen and oxygen atoms in total. The molecule has 0 spiro atoms. The summed E-state index contributed by atoms with van der Waals surface area (Å²) in [4.78, 5) is 9.65. The number of rotatable bonds is 1. The molecule has 0 bridgehead atoms. The number of hydrogen-bond acceptors (Lipinski definition) is 3. The Bertz CT molecular complexity index is 266. The number of nitrogens with one attached hydrogen (secondary N) is 2. The van der Waals surface area contributed by atoms with Crippen LogP contribution in [0, 0.1) is 0 Å². The summed E-state index contributed by atoms with van der Waals surface area (Å²) < 4.78 is 0. The van der Waals surface area contributed by atoms with Gasteiger partial charge in [-0.25, -0.2) is 4.98 Å². The average molecular weight is 166 g/mol. The van der Waals surface area contributed by atoms with Crippen molar-refractivity contribution in [3.05, 3.63) is 17.7 Å². The van der Waals surface area contributed by atoms with Gasteiger partial charge >= 0.3 is 0 Å². The number of imidazole rings is 1. The van der Waals surface area contributed by atoms with Crippen molar-refractivity contribution in [3.63, 3.8) is 0 Å². The Morgan fingerprint density at radius 2 is 2.42 bits per heavy atom. The van der Waals surface area contributed by atoms with E-state index in [1.54, 1.807) is 6.33 Å². The van der Waals surface area contributed by atoms with Gasteiger partial charge in [-0.2, -0.15) is 0 Å². The number of fused-ring (bicyclic) bond motifs is 1. The van der Waals surface area contributed by atoms with Gasteiger partial charge in [0, 0.05) is 13.1 Å². The molecule has 1 atom stereocenters. The lowest BCUT2D eigenvalue weighted by Crippen LogP contribution is -2.35. The van der Waals surface area contributed by atoms with Crippen molar-refractivity contribution in [2.45, 2.75) is 12.6 Å². The molecule has 1 unspecified atom stereocenters. The second kappa shape index (κ2) is 2.88. The van der Waals surface area contributed by atoms with Crippen LogP contribution in [0.4, 0.5) is 0 Å². The van der Waals surface area contributed by atoms with Crippen LogP contribution >= 0.6 is 0 Å². The van der Waals surface area contributed by atoms with Crippen molar-refractivity contribution in [2.75, 3.05) is 20.6 Å². The van der Waals surface area contributed by atoms with Gasteiger partial charge in [-0.05, 0) is 14.1 Å². The molecule has 0 fully saturated rings. The van der Waals surface area contributed by atoms with Crippen LogP contribution in [0.25, 0.3) is 0 Å². The minimum absolute atomic E-state index is 0.417. The lowest BCUT2D eigenvalue weighted by molar-refractivity contribution is 0.270. The fourth-order valence-electron chi connectivity index (χ4n) is 1.62. The summed E-state index contributed by atoms with van der Waals surface area (Å²) in [6, 6.07) is 0.417. The molecule has 1 aromatic rings. The van der Waals surface area contributed by atoms with E-state index in [0.717, 1.165) is 13.1 Å². The van der Waals surface area contributed by atoms with Gasteiger partial charge in [0.25, 0.3) is 0 Å².